The average Bonchev–Trinajstić information content (AvgIpc) is 1.63. The molecule has 0 atom stereocenters. The molecule has 36 nitrogen and oxygen atoms in total. The number of likely N-dealkylation sites (tertiary alicyclic amines) is 1. The molecule has 1 aliphatic rings. The minimum absolute atomic E-state index is 0.0564. The summed E-state index contributed by atoms with van der Waals surface area (Å²) in [6.07, 6.45) is 16.3. The van der Waals surface area contributed by atoms with E-state index in [1.165, 1.54) is 68.5 Å². The molecule has 0 unspecified atom stereocenters. The number of aliphatic hydroxyl groups is 1. The van der Waals surface area contributed by atoms with Gasteiger partial charge in [-0.05, 0) is 122 Å². The lowest BCUT2D eigenvalue weighted by Crippen LogP contribution is -2.46. The number of aromatic nitrogens is 16. The SMILES string of the molecule is CC(=O)NC1CCN(C(=O)c2csc3c(=O)[nH]c(-c4ccccn4)nc23)CC1.CCCOCCN(C)C(=O)c1csc2c(=O)[nH]c(-c3ccccn3)nc12.CCCOCCN(CCO)C(=O)c1csc2c(=O)[nH]c(-c3ccccn3)nc12.CN(CCc1ccncc1)C(=O)c1csc2c(=O)[nH]c(-c3ccccn3)nc12.O=C(NCCc1ccccc1)c1csc2c(=O)[nH]c(-c3ccccn3)nc12. The van der Waals surface area contributed by atoms with Crippen molar-refractivity contribution in [3.63, 3.8) is 0 Å². The van der Waals surface area contributed by atoms with Crippen molar-refractivity contribution in [1.29, 1.82) is 0 Å². The van der Waals surface area contributed by atoms with Crippen molar-refractivity contribution < 1.29 is 43.3 Å². The van der Waals surface area contributed by atoms with Gasteiger partial charge in [-0.2, -0.15) is 0 Å². The van der Waals surface area contributed by atoms with E-state index in [4.69, 9.17) is 9.47 Å². The van der Waals surface area contributed by atoms with Crippen molar-refractivity contribution in [2.24, 2.45) is 0 Å². The quantitative estimate of drug-likeness (QED) is 0.0202. The highest BCUT2D eigenvalue weighted by Gasteiger charge is 2.30. The average molecular weight is 1940 g/mol. The Bertz CT molecular complexity index is 7350. The first-order chi connectivity index (χ1) is 66.6. The number of piperidine rings is 1. The van der Waals surface area contributed by atoms with E-state index in [0.29, 0.717) is 215 Å². The van der Waals surface area contributed by atoms with Gasteiger partial charge in [-0.25, -0.2) is 24.9 Å². The number of hydrogen-bond donors (Lipinski definition) is 8. The first-order valence-corrected chi connectivity index (χ1v) is 48.0. The number of benzene rings is 1. The summed E-state index contributed by atoms with van der Waals surface area (Å²) in [5.74, 6) is 0.649. The lowest BCUT2D eigenvalue weighted by molar-refractivity contribution is -0.119. The van der Waals surface area contributed by atoms with Gasteiger partial charge < -0.3 is 69.7 Å². The maximum atomic E-state index is 13.0. The van der Waals surface area contributed by atoms with Crippen LogP contribution in [0, 0.1) is 0 Å². The fourth-order valence-electron chi connectivity index (χ4n) is 14.2. The molecule has 16 aromatic heterocycles. The summed E-state index contributed by atoms with van der Waals surface area (Å²) < 4.78 is 13.0. The highest BCUT2D eigenvalue weighted by Crippen LogP contribution is 2.31. The smallest absolute Gasteiger partial charge is 0.269 e. The fourth-order valence-corrected chi connectivity index (χ4v) is 18.6. The van der Waals surface area contributed by atoms with Gasteiger partial charge in [0, 0.05) is 156 Å². The van der Waals surface area contributed by atoms with Crippen molar-refractivity contribution in [3.05, 3.63) is 294 Å². The van der Waals surface area contributed by atoms with E-state index >= 15 is 0 Å². The first-order valence-electron chi connectivity index (χ1n) is 43.6. The number of amides is 6. The fraction of sp³-hybridized carbons (Fsp3) is 0.250. The highest BCUT2D eigenvalue weighted by molar-refractivity contribution is 7.18. The minimum atomic E-state index is -0.310. The third kappa shape index (κ3) is 25.0. The number of aromatic amines is 5. The number of hydrogen-bond acceptors (Lipinski definition) is 30. The summed E-state index contributed by atoms with van der Waals surface area (Å²) in [7, 11) is 3.47. The number of likely N-dealkylation sites (N-methyl/N-ethyl adjacent to an activating group) is 2. The van der Waals surface area contributed by atoms with E-state index in [2.05, 4.69) is 90.4 Å². The Labute approximate surface area is 801 Å². The zero-order chi connectivity index (χ0) is 96.3. The van der Waals surface area contributed by atoms with Crippen molar-refractivity contribution in [2.45, 2.75) is 65.3 Å². The Hall–Kier alpha value is -15.0. The number of carbonyl (C=O) groups excluding carboxylic acids is 6. The summed E-state index contributed by atoms with van der Waals surface area (Å²) in [5, 5.41) is 23.5. The van der Waals surface area contributed by atoms with Crippen LogP contribution in [0.15, 0.2) is 228 Å². The third-order valence-electron chi connectivity index (χ3n) is 21.2. The monoisotopic (exact) mass is 1940 g/mol. The largest absolute Gasteiger partial charge is 0.395 e. The molecule has 0 radical (unpaired) electrons. The van der Waals surface area contributed by atoms with Crippen LogP contribution >= 0.6 is 56.7 Å². The van der Waals surface area contributed by atoms with Crippen LogP contribution in [0.25, 0.3) is 109 Å². The number of H-pyrrole nitrogens is 5. The van der Waals surface area contributed by atoms with Gasteiger partial charge in [0.1, 0.15) is 79.6 Å². The molecule has 17 heterocycles. The summed E-state index contributed by atoms with van der Waals surface area (Å²) in [6.45, 7) is 10.7. The van der Waals surface area contributed by atoms with Gasteiger partial charge in [0.25, 0.3) is 57.3 Å². The van der Waals surface area contributed by atoms with Gasteiger partial charge >= 0.3 is 0 Å². The first kappa shape index (κ1) is 98.0. The molecule has 0 saturated carbocycles. The number of fused-ring (bicyclic) bond motifs is 5. The molecule has 8 N–H and O–H groups in total. The van der Waals surface area contributed by atoms with Gasteiger partial charge in [0.05, 0.1) is 47.6 Å². The van der Waals surface area contributed by atoms with Gasteiger partial charge in [0.2, 0.25) is 5.91 Å². The second-order valence-electron chi connectivity index (χ2n) is 30.8. The molecule has 1 fully saturated rings. The molecular formula is C96H94N22O14S5. The van der Waals surface area contributed by atoms with Crippen molar-refractivity contribution in [1.82, 2.24) is 110 Å². The number of nitrogens with zero attached hydrogens (tertiary/aromatic N) is 15. The zero-order valence-electron chi connectivity index (χ0n) is 74.9. The Kier molecular flexibility index (Phi) is 34.2. The molecule has 702 valence electrons. The molecule has 137 heavy (non-hydrogen) atoms. The number of ether oxygens (including phenoxy) is 2. The second kappa shape index (κ2) is 47.8. The number of carbonyl (C=O) groups is 6. The molecule has 0 spiro atoms. The Morgan fingerprint density at radius 2 is 0.766 bits per heavy atom. The van der Waals surface area contributed by atoms with E-state index < -0.39 is 0 Å². The molecule has 17 aromatic rings. The number of pyridine rings is 6. The molecule has 6 amide bonds. The maximum absolute atomic E-state index is 13.0. The maximum Gasteiger partial charge on any atom is 0.269 e. The number of aliphatic hydroxyl groups excluding tert-OH is 1. The molecule has 1 saturated heterocycles. The summed E-state index contributed by atoms with van der Waals surface area (Å²) in [6, 6.07) is 40.6. The number of thiophene rings is 5. The van der Waals surface area contributed by atoms with E-state index in [1.54, 1.807) is 166 Å². The number of nitrogens with one attached hydrogen (secondary N) is 7. The molecule has 0 bridgehead atoms. The topological polar surface area (TPSA) is 484 Å². The van der Waals surface area contributed by atoms with E-state index in [0.717, 1.165) is 36.8 Å². The molecule has 0 aliphatic carbocycles. The van der Waals surface area contributed by atoms with Crippen molar-refractivity contribution >= 4 is 143 Å². The van der Waals surface area contributed by atoms with E-state index in [1.807, 2.05) is 80.6 Å². The van der Waals surface area contributed by atoms with Crippen LogP contribution in [0.1, 0.15) is 109 Å². The Morgan fingerprint density at radius 1 is 0.416 bits per heavy atom. The molecule has 41 heteroatoms. The predicted molar refractivity (Wildman–Crippen MR) is 530 cm³/mol. The van der Waals surface area contributed by atoms with Gasteiger partial charge in [-0.3, -0.25) is 82.6 Å². The van der Waals surface area contributed by atoms with Gasteiger partial charge in [-0.15, -0.1) is 56.7 Å². The Morgan fingerprint density at radius 3 is 1.15 bits per heavy atom. The van der Waals surface area contributed by atoms with Crippen LogP contribution in [-0.4, -0.2) is 239 Å². The standard InChI is InChI=1S/C20H17N5O2S.C20H16N4O2S.C19H19N5O3S.C19H22N4O4S.C18H20N4O3S/c1-25(11-7-13-5-9-21-10-6-13)20(27)14-12-28-17-16(14)23-18(24-19(17)26)15-4-2-3-8-22-15;25-19(22-11-9-13-6-2-1-3-7-13)14-12-27-17-16(14)23-18(24-20(17)26)15-8-4-5-10-21-15;1-11(25)21-12-5-8-24(9-6-12)19(27)13-10-28-16-15(13)22-17(23-18(16)26)14-4-2-3-7-20-14;1-2-10-27-11-8-23(7-9-24)19(26)13-12-28-16-15(13)21-17(22-18(16)25)14-5-3-4-6-20-14;1-3-9-25-10-8-22(2)18(24)12-11-26-15-14(12)20-16(21-17(15)23)13-6-4-5-7-19-13/h2-6,8-10,12H,7,11H2,1H3,(H,23,24,26);1-8,10,12H,9,11H2,(H,22,25)(H,23,24,26);2-4,7,10,12H,5-6,8-9H2,1H3,(H,21,25)(H,22,23,26);3-6,12,24H,2,7-11H2,1H3,(H,21,22,25);4-7,11H,3,8-10H2,1-2H3,(H,20,21,23). The van der Waals surface area contributed by atoms with Crippen LogP contribution in [0.2, 0.25) is 0 Å². The van der Waals surface area contributed by atoms with Crippen LogP contribution in [0.3, 0.4) is 0 Å². The van der Waals surface area contributed by atoms with Crippen LogP contribution in [-0.2, 0) is 27.1 Å². The Balaban J connectivity index is 0.000000137. The van der Waals surface area contributed by atoms with E-state index in [9.17, 15) is 57.8 Å². The molecular weight excluding hydrogens is 1850 g/mol. The summed E-state index contributed by atoms with van der Waals surface area (Å²) in [5.41, 5.74) is 7.60. The van der Waals surface area contributed by atoms with Crippen molar-refractivity contribution in [3.8, 4) is 57.6 Å². The van der Waals surface area contributed by atoms with E-state index in [-0.39, 0.29) is 82.4 Å². The molecule has 18 rings (SSSR count). The van der Waals surface area contributed by atoms with Gasteiger partial charge in [0.15, 0.2) is 29.1 Å². The second-order valence-corrected chi connectivity index (χ2v) is 35.2. The highest BCUT2D eigenvalue weighted by atomic mass is 32.1. The lowest BCUT2D eigenvalue weighted by atomic mass is 10.0. The lowest BCUT2D eigenvalue weighted by Gasteiger charge is -2.32. The zero-order valence-corrected chi connectivity index (χ0v) is 79.0. The summed E-state index contributed by atoms with van der Waals surface area (Å²) >= 11 is 6.04. The predicted octanol–water partition coefficient (Wildman–Crippen LogP) is 12.0. The summed E-state index contributed by atoms with van der Waals surface area (Å²) in [4.78, 5) is 205. The minimum Gasteiger partial charge on any atom is -0.395 e. The van der Waals surface area contributed by atoms with Crippen LogP contribution in [0.5, 0.6) is 0 Å². The normalized spacial score (nSPS) is 11.8. The van der Waals surface area contributed by atoms with Crippen molar-refractivity contribution in [2.75, 3.05) is 92.9 Å². The number of rotatable bonds is 29. The molecule has 1 aromatic carbocycles. The van der Waals surface area contributed by atoms with Crippen LogP contribution in [0.4, 0.5) is 0 Å². The molecule has 1 aliphatic heterocycles. The third-order valence-corrected chi connectivity index (χ3v) is 26.0. The van der Waals surface area contributed by atoms with Crippen LogP contribution < -0.4 is 38.4 Å². The van der Waals surface area contributed by atoms with Gasteiger partial charge in [-0.1, -0.05) is 74.5 Å².